The number of hydrogen-bond acceptors (Lipinski definition) is 2. The standard InChI is InChI=1S/C19H25BrN2O2/c20-19-17-5-2-1-4-16(17)6-7-18(19)24-13-3-8-21-9-10-22-11-14-23-15-12-22/h1-2,4-7,21H,3,8-15H2/p+2. The molecule has 2 aromatic carbocycles. The third-order valence-electron chi connectivity index (χ3n) is 4.54. The number of nitrogens with two attached hydrogens (primary N) is 1. The van der Waals surface area contributed by atoms with E-state index in [2.05, 4.69) is 57.6 Å². The monoisotopic (exact) mass is 394 g/mol. The van der Waals surface area contributed by atoms with Crippen LogP contribution in [0.3, 0.4) is 0 Å². The highest BCUT2D eigenvalue weighted by atomic mass is 79.9. The molecular formula is C19H27BrN2O2+2. The van der Waals surface area contributed by atoms with Gasteiger partial charge in [0.1, 0.15) is 31.9 Å². The van der Waals surface area contributed by atoms with E-state index in [0.29, 0.717) is 0 Å². The molecule has 130 valence electrons. The number of rotatable bonds is 8. The zero-order valence-corrected chi connectivity index (χ0v) is 15.7. The topological polar surface area (TPSA) is 39.5 Å². The molecule has 0 unspecified atom stereocenters. The van der Waals surface area contributed by atoms with Gasteiger partial charge in [-0.1, -0.05) is 30.3 Å². The predicted octanol–water partition coefficient (Wildman–Crippen LogP) is 0.850. The minimum Gasteiger partial charge on any atom is -0.492 e. The van der Waals surface area contributed by atoms with Gasteiger partial charge in [-0.2, -0.15) is 0 Å². The van der Waals surface area contributed by atoms with Crippen LogP contribution in [-0.4, -0.2) is 52.5 Å². The van der Waals surface area contributed by atoms with Gasteiger partial charge < -0.3 is 19.7 Å². The molecule has 1 aliphatic rings. The van der Waals surface area contributed by atoms with Gasteiger partial charge in [0.2, 0.25) is 0 Å². The average Bonchev–Trinajstić information content (AvgIpc) is 2.64. The van der Waals surface area contributed by atoms with Crippen LogP contribution in [0.5, 0.6) is 5.75 Å². The van der Waals surface area contributed by atoms with Crippen molar-refractivity contribution in [1.82, 2.24) is 0 Å². The Balaban J connectivity index is 1.34. The minimum atomic E-state index is 0.762. The Morgan fingerprint density at radius 2 is 1.92 bits per heavy atom. The average molecular weight is 395 g/mol. The lowest BCUT2D eigenvalue weighted by Crippen LogP contribution is -3.16. The van der Waals surface area contributed by atoms with E-state index in [1.165, 1.54) is 23.9 Å². The molecule has 2 aromatic rings. The third-order valence-corrected chi connectivity index (χ3v) is 5.36. The zero-order valence-electron chi connectivity index (χ0n) is 14.1. The van der Waals surface area contributed by atoms with Crippen LogP contribution in [0.4, 0.5) is 0 Å². The highest BCUT2D eigenvalue weighted by molar-refractivity contribution is 9.10. The van der Waals surface area contributed by atoms with Gasteiger partial charge in [-0.05, 0) is 32.8 Å². The van der Waals surface area contributed by atoms with Gasteiger partial charge in [0.05, 0.1) is 30.8 Å². The van der Waals surface area contributed by atoms with E-state index < -0.39 is 0 Å². The van der Waals surface area contributed by atoms with Crippen molar-refractivity contribution < 1.29 is 19.7 Å². The predicted molar refractivity (Wildman–Crippen MR) is 99.8 cm³/mol. The summed E-state index contributed by atoms with van der Waals surface area (Å²) >= 11 is 3.67. The van der Waals surface area contributed by atoms with Gasteiger partial charge in [0.15, 0.2) is 0 Å². The van der Waals surface area contributed by atoms with E-state index in [9.17, 15) is 0 Å². The van der Waals surface area contributed by atoms with Crippen molar-refractivity contribution in [2.75, 3.05) is 52.5 Å². The molecule has 3 rings (SSSR count). The van der Waals surface area contributed by atoms with Gasteiger partial charge in [0.25, 0.3) is 0 Å². The van der Waals surface area contributed by atoms with Crippen LogP contribution in [-0.2, 0) is 4.74 Å². The first-order valence-corrected chi connectivity index (χ1v) is 9.67. The maximum absolute atomic E-state index is 5.95. The van der Waals surface area contributed by atoms with E-state index in [1.54, 1.807) is 4.90 Å². The zero-order chi connectivity index (χ0) is 16.6. The van der Waals surface area contributed by atoms with Crippen molar-refractivity contribution in [3.8, 4) is 5.75 Å². The Morgan fingerprint density at radius 3 is 2.79 bits per heavy atom. The Kier molecular flexibility index (Phi) is 6.90. The molecule has 24 heavy (non-hydrogen) atoms. The molecule has 0 atom stereocenters. The minimum absolute atomic E-state index is 0.762. The molecule has 0 saturated carbocycles. The van der Waals surface area contributed by atoms with Crippen LogP contribution in [0.15, 0.2) is 40.9 Å². The number of nitrogens with one attached hydrogen (secondary N) is 1. The van der Waals surface area contributed by atoms with E-state index in [1.807, 2.05) is 0 Å². The Morgan fingerprint density at radius 1 is 1.08 bits per heavy atom. The molecule has 0 aromatic heterocycles. The van der Waals surface area contributed by atoms with Crippen molar-refractivity contribution in [1.29, 1.82) is 0 Å². The first kappa shape index (κ1) is 17.7. The fourth-order valence-corrected chi connectivity index (χ4v) is 3.70. The number of halogens is 1. The lowest BCUT2D eigenvalue weighted by molar-refractivity contribution is -0.919. The van der Waals surface area contributed by atoms with Gasteiger partial charge >= 0.3 is 0 Å². The molecule has 0 amide bonds. The summed E-state index contributed by atoms with van der Waals surface area (Å²) in [4.78, 5) is 1.67. The van der Waals surface area contributed by atoms with Crippen molar-refractivity contribution >= 4 is 26.7 Å². The van der Waals surface area contributed by atoms with Gasteiger partial charge in [-0.3, -0.25) is 0 Å². The highest BCUT2D eigenvalue weighted by Gasteiger charge is 2.13. The molecule has 5 heteroatoms. The van der Waals surface area contributed by atoms with Gasteiger partial charge in [0, 0.05) is 6.42 Å². The fraction of sp³-hybridized carbons (Fsp3) is 0.474. The molecule has 0 bridgehead atoms. The van der Waals surface area contributed by atoms with Crippen LogP contribution in [0, 0.1) is 0 Å². The molecule has 1 fully saturated rings. The lowest BCUT2D eigenvalue weighted by atomic mass is 10.1. The van der Waals surface area contributed by atoms with Gasteiger partial charge in [-0.25, -0.2) is 0 Å². The Hall–Kier alpha value is -1.14. The molecule has 0 aliphatic carbocycles. The van der Waals surface area contributed by atoms with Crippen LogP contribution < -0.4 is 15.0 Å². The molecule has 4 nitrogen and oxygen atoms in total. The molecule has 3 N–H and O–H groups in total. The van der Waals surface area contributed by atoms with E-state index >= 15 is 0 Å². The van der Waals surface area contributed by atoms with Crippen molar-refractivity contribution in [3.63, 3.8) is 0 Å². The van der Waals surface area contributed by atoms with Crippen LogP contribution >= 0.6 is 15.9 Å². The van der Waals surface area contributed by atoms with Crippen LogP contribution in [0.2, 0.25) is 0 Å². The molecule has 1 saturated heterocycles. The summed E-state index contributed by atoms with van der Waals surface area (Å²) in [5.41, 5.74) is 0. The maximum Gasteiger partial charge on any atom is 0.134 e. The number of morpholine rings is 1. The highest BCUT2D eigenvalue weighted by Crippen LogP contribution is 2.32. The first-order valence-electron chi connectivity index (χ1n) is 8.87. The van der Waals surface area contributed by atoms with E-state index in [4.69, 9.17) is 9.47 Å². The maximum atomic E-state index is 5.95. The summed E-state index contributed by atoms with van der Waals surface area (Å²) in [5, 5.41) is 4.84. The SMILES string of the molecule is Brc1c(OCCC[NH2+]CC[NH+]2CCOCC2)ccc2ccccc12. The van der Waals surface area contributed by atoms with E-state index in [-0.39, 0.29) is 0 Å². The molecule has 0 radical (unpaired) electrons. The largest absolute Gasteiger partial charge is 0.492 e. The number of hydrogen-bond donors (Lipinski definition) is 2. The van der Waals surface area contributed by atoms with E-state index in [0.717, 1.165) is 56.1 Å². The number of benzene rings is 2. The number of ether oxygens (including phenoxy) is 2. The second kappa shape index (κ2) is 9.37. The normalized spacial score (nSPS) is 15.7. The smallest absolute Gasteiger partial charge is 0.134 e. The van der Waals surface area contributed by atoms with Crippen molar-refractivity contribution in [2.45, 2.75) is 6.42 Å². The molecule has 1 aliphatic heterocycles. The van der Waals surface area contributed by atoms with Crippen molar-refractivity contribution in [3.05, 3.63) is 40.9 Å². The summed E-state index contributed by atoms with van der Waals surface area (Å²) in [5.74, 6) is 0.937. The van der Waals surface area contributed by atoms with Crippen LogP contribution in [0.25, 0.3) is 10.8 Å². The Labute approximate surface area is 152 Å². The number of quaternary nitrogens is 2. The fourth-order valence-electron chi connectivity index (χ4n) is 3.10. The third kappa shape index (κ3) is 4.93. The second-order valence-corrected chi connectivity index (χ2v) is 7.07. The Bertz CT molecular complexity index is 644. The lowest BCUT2D eigenvalue weighted by Gasteiger charge is -2.22. The quantitative estimate of drug-likeness (QED) is 0.651. The summed E-state index contributed by atoms with van der Waals surface area (Å²) in [6, 6.07) is 12.5. The van der Waals surface area contributed by atoms with Crippen molar-refractivity contribution in [2.24, 2.45) is 0 Å². The molecular weight excluding hydrogens is 368 g/mol. The molecule has 1 heterocycles. The summed E-state index contributed by atoms with van der Waals surface area (Å²) in [6.07, 6.45) is 1.07. The van der Waals surface area contributed by atoms with Gasteiger partial charge in [-0.15, -0.1) is 0 Å². The summed E-state index contributed by atoms with van der Waals surface area (Å²) < 4.78 is 12.4. The summed E-state index contributed by atoms with van der Waals surface area (Å²) in [6.45, 7) is 8.47. The number of fused-ring (bicyclic) bond motifs is 1. The first-order chi connectivity index (χ1) is 11.8. The van der Waals surface area contributed by atoms with Crippen LogP contribution in [0.1, 0.15) is 6.42 Å². The molecule has 0 spiro atoms. The summed E-state index contributed by atoms with van der Waals surface area (Å²) in [7, 11) is 0. The second-order valence-electron chi connectivity index (χ2n) is 6.28.